The Balaban J connectivity index is 1.33. The minimum atomic E-state index is -0.336. The number of likely N-dealkylation sites (N-methyl/N-ethyl adjacent to an activating group) is 2. The van der Waals surface area contributed by atoms with Gasteiger partial charge >= 0.3 is 0 Å². The van der Waals surface area contributed by atoms with Crippen LogP contribution in [0.3, 0.4) is 0 Å². The number of nitrogens with one attached hydrogen (secondary N) is 2. The maximum atomic E-state index is 14.7. The number of ether oxygens (including phenoxy) is 2. The Hall–Kier alpha value is -4.73. The molecule has 0 bridgehead atoms. The van der Waals surface area contributed by atoms with Crippen LogP contribution in [0.5, 0.6) is 11.5 Å². The van der Waals surface area contributed by atoms with Crippen LogP contribution in [0.4, 0.5) is 4.39 Å². The highest BCUT2D eigenvalue weighted by Crippen LogP contribution is 2.36. The lowest BCUT2D eigenvalue weighted by atomic mass is 10.0. The van der Waals surface area contributed by atoms with Crippen LogP contribution in [0.15, 0.2) is 79.1 Å². The molecule has 0 fully saturated rings. The van der Waals surface area contributed by atoms with Gasteiger partial charge in [-0.3, -0.25) is 10.1 Å². The third-order valence-corrected chi connectivity index (χ3v) is 7.33. The van der Waals surface area contributed by atoms with Crippen molar-refractivity contribution in [3.05, 3.63) is 84.9 Å². The fourth-order valence-corrected chi connectivity index (χ4v) is 5.08. The predicted octanol–water partition coefficient (Wildman–Crippen LogP) is 6.46. The Kier molecular flexibility index (Phi) is 8.09. The number of aromatic amines is 2. The van der Waals surface area contributed by atoms with E-state index < -0.39 is 0 Å². The highest BCUT2D eigenvalue weighted by Gasteiger charge is 2.15. The average molecular weight is 579 g/mol. The fraction of sp³-hybridized carbons (Fsp3) is 0.235. The number of H-pyrrole nitrogens is 2. The monoisotopic (exact) mass is 578 g/mol. The largest absolute Gasteiger partial charge is 0.492 e. The van der Waals surface area contributed by atoms with E-state index in [1.165, 1.54) is 6.07 Å². The molecule has 9 heteroatoms. The zero-order valence-corrected chi connectivity index (χ0v) is 24.8. The molecule has 0 spiro atoms. The molecule has 8 nitrogen and oxygen atoms in total. The summed E-state index contributed by atoms with van der Waals surface area (Å²) in [6, 6.07) is 21.1. The average Bonchev–Trinajstić information content (AvgIpc) is 3.60. The van der Waals surface area contributed by atoms with Crippen molar-refractivity contribution in [3.63, 3.8) is 0 Å². The topological polar surface area (TPSA) is 82.3 Å². The molecule has 2 N–H and O–H groups in total. The molecule has 6 rings (SSSR count). The number of fused-ring (bicyclic) bond motifs is 2. The molecule has 3 heterocycles. The van der Waals surface area contributed by atoms with Gasteiger partial charge in [0.15, 0.2) is 0 Å². The SMILES string of the molecule is CN(C)CCOc1cncc(-c2ccc3[nH]nc(-c4cc5c(-c6cc(F)cc(OCCN(C)C)c6)cccc5[nH]4)c3c2)c1. The van der Waals surface area contributed by atoms with Crippen molar-refractivity contribution in [1.29, 1.82) is 0 Å². The van der Waals surface area contributed by atoms with Crippen LogP contribution in [0.2, 0.25) is 0 Å². The molecule has 0 saturated heterocycles. The molecule has 3 aromatic carbocycles. The maximum Gasteiger partial charge on any atom is 0.138 e. The number of rotatable bonds is 11. The molecule has 0 aliphatic rings. The molecule has 43 heavy (non-hydrogen) atoms. The Morgan fingerprint density at radius 3 is 2.28 bits per heavy atom. The molecule has 220 valence electrons. The van der Waals surface area contributed by atoms with Crippen LogP contribution in [0, 0.1) is 5.82 Å². The van der Waals surface area contributed by atoms with Gasteiger partial charge in [-0.2, -0.15) is 5.10 Å². The highest BCUT2D eigenvalue weighted by atomic mass is 19.1. The van der Waals surface area contributed by atoms with Crippen molar-refractivity contribution in [2.75, 3.05) is 54.5 Å². The normalized spacial score (nSPS) is 11.7. The smallest absolute Gasteiger partial charge is 0.138 e. The first-order chi connectivity index (χ1) is 20.8. The third-order valence-electron chi connectivity index (χ3n) is 7.33. The van der Waals surface area contributed by atoms with Gasteiger partial charge in [0.2, 0.25) is 0 Å². The van der Waals surface area contributed by atoms with Crippen LogP contribution >= 0.6 is 0 Å². The molecule has 0 unspecified atom stereocenters. The predicted molar refractivity (Wildman–Crippen MR) is 170 cm³/mol. The van der Waals surface area contributed by atoms with E-state index >= 15 is 0 Å². The van der Waals surface area contributed by atoms with Gasteiger partial charge in [0.05, 0.1) is 17.4 Å². The highest BCUT2D eigenvalue weighted by molar-refractivity contribution is 6.02. The lowest BCUT2D eigenvalue weighted by Gasteiger charge is -2.12. The van der Waals surface area contributed by atoms with E-state index in [4.69, 9.17) is 9.47 Å². The molecule has 0 radical (unpaired) electrons. The van der Waals surface area contributed by atoms with E-state index in [0.717, 1.165) is 74.3 Å². The van der Waals surface area contributed by atoms with Crippen LogP contribution in [0.1, 0.15) is 0 Å². The summed E-state index contributed by atoms with van der Waals surface area (Å²) in [5.41, 5.74) is 7.17. The third kappa shape index (κ3) is 6.38. The van der Waals surface area contributed by atoms with E-state index in [-0.39, 0.29) is 5.82 Å². The van der Waals surface area contributed by atoms with Crippen LogP contribution in [-0.2, 0) is 0 Å². The van der Waals surface area contributed by atoms with Crippen molar-refractivity contribution in [2.45, 2.75) is 0 Å². The zero-order chi connectivity index (χ0) is 29.9. The Bertz CT molecular complexity index is 1880. The van der Waals surface area contributed by atoms with Gasteiger partial charge in [0, 0.05) is 47.2 Å². The van der Waals surface area contributed by atoms with E-state index in [0.29, 0.717) is 19.0 Å². The summed E-state index contributed by atoms with van der Waals surface area (Å²) in [5, 5.41) is 9.78. The standard InChI is InChI=1S/C34H35FN6O2/c1-40(2)10-12-42-26-15-23(14-25(35)18-26)28-6-5-7-31-29(28)19-33(37-31)34-30-17-22(8-9-32(30)38-39-34)24-16-27(21-36-20-24)43-13-11-41(3)4/h5-9,14-21,37H,10-13H2,1-4H3,(H,38,39). The molecule has 3 aromatic heterocycles. The minimum Gasteiger partial charge on any atom is -0.492 e. The van der Waals surface area contributed by atoms with Gasteiger partial charge < -0.3 is 24.3 Å². The number of hydrogen-bond donors (Lipinski definition) is 2. The Morgan fingerprint density at radius 2 is 1.49 bits per heavy atom. The summed E-state index contributed by atoms with van der Waals surface area (Å²) in [7, 11) is 7.99. The molecule has 0 aliphatic carbocycles. The van der Waals surface area contributed by atoms with Crippen molar-refractivity contribution in [3.8, 4) is 45.1 Å². The zero-order valence-electron chi connectivity index (χ0n) is 24.8. The first kappa shape index (κ1) is 28.4. The Morgan fingerprint density at radius 1 is 0.721 bits per heavy atom. The van der Waals surface area contributed by atoms with Gasteiger partial charge in [0.25, 0.3) is 0 Å². The van der Waals surface area contributed by atoms with Gasteiger partial charge in [0.1, 0.15) is 36.2 Å². The van der Waals surface area contributed by atoms with Crippen molar-refractivity contribution in [1.82, 2.24) is 30.0 Å². The minimum absolute atomic E-state index is 0.336. The lowest BCUT2D eigenvalue weighted by molar-refractivity contribution is 0.260. The number of nitrogens with zero attached hydrogens (tertiary/aromatic N) is 4. The van der Waals surface area contributed by atoms with E-state index in [9.17, 15) is 4.39 Å². The number of pyridine rings is 1. The van der Waals surface area contributed by atoms with E-state index in [1.54, 1.807) is 12.3 Å². The fourth-order valence-electron chi connectivity index (χ4n) is 5.08. The molecular weight excluding hydrogens is 543 g/mol. The molecule has 0 amide bonds. The number of aromatic nitrogens is 4. The van der Waals surface area contributed by atoms with Gasteiger partial charge in [-0.05, 0) is 87.3 Å². The first-order valence-electron chi connectivity index (χ1n) is 14.3. The summed E-state index contributed by atoms with van der Waals surface area (Å²) in [5.74, 6) is 0.910. The lowest BCUT2D eigenvalue weighted by Crippen LogP contribution is -2.19. The first-order valence-corrected chi connectivity index (χ1v) is 14.3. The number of benzene rings is 3. The maximum absolute atomic E-state index is 14.7. The number of halogens is 1. The number of hydrogen-bond acceptors (Lipinski definition) is 6. The summed E-state index contributed by atoms with van der Waals surface area (Å²) in [6.07, 6.45) is 3.58. The molecule has 0 atom stereocenters. The second kappa shape index (κ2) is 12.2. The second-order valence-corrected chi connectivity index (χ2v) is 11.2. The summed E-state index contributed by atoms with van der Waals surface area (Å²) < 4.78 is 26.4. The van der Waals surface area contributed by atoms with E-state index in [1.807, 2.05) is 75.7 Å². The molecular formula is C34H35FN6O2. The molecule has 0 saturated carbocycles. The van der Waals surface area contributed by atoms with Gasteiger partial charge in [-0.25, -0.2) is 4.39 Å². The van der Waals surface area contributed by atoms with Crippen molar-refractivity contribution in [2.24, 2.45) is 0 Å². The summed E-state index contributed by atoms with van der Waals surface area (Å²) >= 11 is 0. The molecule has 0 aliphatic heterocycles. The second-order valence-electron chi connectivity index (χ2n) is 11.2. The van der Waals surface area contributed by atoms with E-state index in [2.05, 4.69) is 43.3 Å². The van der Waals surface area contributed by atoms with Crippen LogP contribution < -0.4 is 9.47 Å². The summed E-state index contributed by atoms with van der Waals surface area (Å²) in [6.45, 7) is 2.64. The van der Waals surface area contributed by atoms with Crippen molar-refractivity contribution < 1.29 is 13.9 Å². The molecule has 6 aromatic rings. The van der Waals surface area contributed by atoms with Gasteiger partial charge in [-0.15, -0.1) is 0 Å². The van der Waals surface area contributed by atoms with Crippen LogP contribution in [-0.4, -0.2) is 84.5 Å². The summed E-state index contributed by atoms with van der Waals surface area (Å²) in [4.78, 5) is 12.0. The quantitative estimate of drug-likeness (QED) is 0.184. The van der Waals surface area contributed by atoms with Crippen molar-refractivity contribution >= 4 is 21.8 Å². The van der Waals surface area contributed by atoms with Crippen LogP contribution in [0.25, 0.3) is 55.4 Å². The van der Waals surface area contributed by atoms with Gasteiger partial charge in [-0.1, -0.05) is 18.2 Å². The Labute approximate surface area is 250 Å².